The van der Waals surface area contributed by atoms with Crippen LogP contribution >= 0.6 is 21.6 Å². The molecule has 1 fully saturated rings. The number of aliphatic carboxylic acids is 2. The first-order valence-electron chi connectivity index (χ1n) is 40.7. The van der Waals surface area contributed by atoms with Crippen LogP contribution in [0.2, 0.25) is 0 Å². The lowest BCUT2D eigenvalue weighted by atomic mass is 9.95. The van der Waals surface area contributed by atoms with Crippen molar-refractivity contribution < 1.29 is 107 Å². The first-order valence-corrected chi connectivity index (χ1v) is 43.1. The molecule has 47 heteroatoms. The highest BCUT2D eigenvalue weighted by Gasteiger charge is 2.40. The summed E-state index contributed by atoms with van der Waals surface area (Å²) in [7, 11) is 1.35. The number of nitrogens with two attached hydrogens (primary N) is 4. The molecule has 45 nitrogen and oxygen atoms in total. The average Bonchev–Trinajstić information content (AvgIpc) is 0.845. The molecule has 125 heavy (non-hydrogen) atoms. The lowest BCUT2D eigenvalue weighted by Crippen LogP contribution is -2.62. The number of benzene rings is 2. The molecule has 694 valence electrons. The van der Waals surface area contributed by atoms with Crippen LogP contribution in [0.25, 0.3) is 0 Å². The van der Waals surface area contributed by atoms with Crippen molar-refractivity contribution in [3.8, 4) is 0 Å². The predicted molar refractivity (Wildman–Crippen MR) is 458 cm³/mol. The predicted octanol–water partition coefficient (Wildman–Crippen LogP) is -7.14. The summed E-state index contributed by atoms with van der Waals surface area (Å²) in [6, 6.07) is -5.89. The molecule has 0 saturated carbocycles. The molecule has 2 aromatic carbocycles. The summed E-state index contributed by atoms with van der Waals surface area (Å²) in [4.78, 5) is 251. The van der Waals surface area contributed by atoms with Gasteiger partial charge in [-0.2, -0.15) is 0 Å². The van der Waals surface area contributed by atoms with E-state index >= 15 is 9.59 Å². The minimum Gasteiger partial charge on any atom is -0.481 e. The van der Waals surface area contributed by atoms with Crippen molar-refractivity contribution >= 4 is 140 Å². The van der Waals surface area contributed by atoms with Gasteiger partial charge >= 0.3 is 11.9 Å². The normalized spacial score (nSPS) is 19.8. The first-order chi connectivity index (χ1) is 59.0. The number of amides is 16. The van der Waals surface area contributed by atoms with E-state index in [4.69, 9.17) is 33.8 Å². The van der Waals surface area contributed by atoms with Crippen molar-refractivity contribution in [1.82, 2.24) is 90.4 Å². The monoisotopic (exact) mass is 1800 g/mol. The third-order valence-corrected chi connectivity index (χ3v) is 21.7. The quantitative estimate of drug-likeness (QED) is 0.0127. The number of hydrogen-bond acceptors (Lipinski definition) is 25. The van der Waals surface area contributed by atoms with Gasteiger partial charge in [0, 0.05) is 43.9 Å². The van der Waals surface area contributed by atoms with Crippen LogP contribution < -0.4 is 113 Å². The molecule has 2 aromatic rings. The van der Waals surface area contributed by atoms with Crippen LogP contribution in [-0.4, -0.2) is 274 Å². The largest absolute Gasteiger partial charge is 0.481 e. The summed E-state index contributed by atoms with van der Waals surface area (Å²) >= 11 is 0. The molecule has 0 aliphatic carbocycles. The number of hydrogen-bond donors (Lipinski definition) is 27. The average molecular weight is 1800 g/mol. The number of carbonyl (C=O) groups is 18. The second kappa shape index (κ2) is 56.0. The van der Waals surface area contributed by atoms with Crippen LogP contribution in [0.5, 0.6) is 0 Å². The Morgan fingerprint density at radius 1 is 0.520 bits per heavy atom. The molecular weight excluding hydrogens is 1680 g/mol. The van der Waals surface area contributed by atoms with E-state index in [-0.39, 0.29) is 69.9 Å². The van der Waals surface area contributed by atoms with E-state index in [2.05, 4.69) is 90.4 Å². The van der Waals surface area contributed by atoms with Crippen molar-refractivity contribution in [2.75, 3.05) is 50.9 Å². The maximum Gasteiger partial charge on any atom is 0.326 e. The summed E-state index contributed by atoms with van der Waals surface area (Å²) in [5.74, 6) is -24.9. The van der Waals surface area contributed by atoms with Gasteiger partial charge in [0.1, 0.15) is 78.5 Å². The molecule has 15 atom stereocenters. The molecule has 0 unspecified atom stereocenters. The maximum atomic E-state index is 15.1. The van der Waals surface area contributed by atoms with E-state index in [1.54, 1.807) is 88.4 Å². The molecule has 1 aliphatic rings. The fourth-order valence-electron chi connectivity index (χ4n) is 12.1. The highest BCUT2D eigenvalue weighted by Crippen LogP contribution is 2.24. The van der Waals surface area contributed by atoms with Gasteiger partial charge in [-0.1, -0.05) is 144 Å². The smallest absolute Gasteiger partial charge is 0.326 e. The van der Waals surface area contributed by atoms with Crippen molar-refractivity contribution in [1.29, 1.82) is 10.8 Å². The maximum absolute atomic E-state index is 15.1. The van der Waals surface area contributed by atoms with Gasteiger partial charge in [0.2, 0.25) is 94.5 Å². The van der Waals surface area contributed by atoms with Crippen molar-refractivity contribution in [2.24, 2.45) is 46.6 Å². The number of carboxylic acid groups (broad SMARTS) is 2. The zero-order valence-corrected chi connectivity index (χ0v) is 72.7. The Kier molecular flexibility index (Phi) is 48.0. The molecule has 0 aromatic heterocycles. The van der Waals surface area contributed by atoms with Gasteiger partial charge in [0.05, 0.1) is 32.3 Å². The number of guanidine groups is 2. The van der Waals surface area contributed by atoms with Crippen LogP contribution in [0.3, 0.4) is 0 Å². The number of aliphatic hydroxyl groups excluding tert-OH is 2. The molecule has 3 rings (SSSR count). The molecule has 0 spiro atoms. The van der Waals surface area contributed by atoms with Gasteiger partial charge in [-0.05, 0) is 86.2 Å². The first kappa shape index (κ1) is 107. The molecule has 0 radical (unpaired) electrons. The van der Waals surface area contributed by atoms with Crippen LogP contribution in [0.1, 0.15) is 131 Å². The fourth-order valence-corrected chi connectivity index (χ4v) is 14.5. The molecule has 16 amide bonds. The van der Waals surface area contributed by atoms with Crippen LogP contribution in [0.4, 0.5) is 0 Å². The van der Waals surface area contributed by atoms with Crippen molar-refractivity contribution in [3.63, 3.8) is 0 Å². The number of primary amides is 1. The summed E-state index contributed by atoms with van der Waals surface area (Å²) in [6.45, 7) is 8.40. The Labute approximate surface area is 730 Å². The third-order valence-electron chi connectivity index (χ3n) is 19.3. The van der Waals surface area contributed by atoms with E-state index in [1.807, 2.05) is 0 Å². The molecule has 1 aliphatic heterocycles. The minimum absolute atomic E-state index is 0.0573. The van der Waals surface area contributed by atoms with Gasteiger partial charge in [0.15, 0.2) is 11.9 Å². The van der Waals surface area contributed by atoms with Gasteiger partial charge in [-0.25, -0.2) is 4.79 Å². The van der Waals surface area contributed by atoms with Gasteiger partial charge < -0.3 is 134 Å². The van der Waals surface area contributed by atoms with Crippen molar-refractivity contribution in [3.05, 3.63) is 71.8 Å². The van der Waals surface area contributed by atoms with Gasteiger partial charge in [0.25, 0.3) is 0 Å². The zero-order chi connectivity index (χ0) is 93.7. The molecular formula is C78H123N23O22S2. The summed E-state index contributed by atoms with van der Waals surface area (Å²) in [6.07, 6.45) is -2.85. The molecule has 31 N–H and O–H groups in total. The molecule has 0 bridgehead atoms. The van der Waals surface area contributed by atoms with Crippen LogP contribution in [0.15, 0.2) is 60.7 Å². The SMILES string of the molecule is CC[C@H](C)[C@H](NC(=O)[C@H](CCCNC(=N)N)NC(=O)[C@H](CC(C)C)NC(=O)[C@@H](N)Cc1ccccc1)C(=O)N[C@H](C(=O)N[C@@H](CCC(N)=O)C(=O)N[C@H]1CSSC[C@@H](C(=O)NCC(=O)N[C@@H](Cc2ccccc2)C(=O)O)NC(=O)[C@H](CO)NC(=O)CNC(=O)[C@H](CCC(=O)O)NC(=O)[C@H](C(C)C)NC(=O)[C@H](CO)NC(=O)[C@H](CCCNC(=N)N)NC1=O)C(C)C. The Morgan fingerprint density at radius 3 is 1.59 bits per heavy atom. The van der Waals surface area contributed by atoms with Gasteiger partial charge in [-0.3, -0.25) is 92.3 Å². The standard InChI is InChI=1S/C78H123N23O22S2/c1-9-42(8)62(101-68(114)47(23-17-29-86-78(83)84)91-69(115)50(30-39(2)3)95-63(109)45(79)31-43-18-12-10-13-19-43)75(121)100-61(41(6)7)74(120)94-49(24-26-56(80)104)67(113)98-55-38-125-124-37-54(65(111)88-33-57(105)89-51(76(122)123)32-44-20-14-11-15-21-44)97-70(116)52(35-102)90-58(106)34-87-64(110)48(25-27-59(107)108)93-73(119)60(40(4)5)99-71(117)53(36-103)96-66(112)46(92-72(55)118)22-16-28-85-77(81)82/h10-15,18-21,39-42,45-55,60-62,102-103H,9,16-17,22-38,79H2,1-8H3,(H2,80,104)(H,87,110)(H,88,111)(H,89,105)(H,90,106)(H,91,115)(H,92,118)(H,93,119)(H,94,120)(H,95,109)(H,96,112)(H,97,116)(H,98,113)(H,99,117)(H,100,121)(H,101,114)(H,107,108)(H,122,123)(H4,81,82,85)(H4,83,84,86)/t42-,45-,46-,47-,48-,49-,50-,51-,52-,53-,54-,55-,60-,61-,62-/m0/s1. The minimum atomic E-state index is -1.95. The Balaban J connectivity index is 2.22. The second-order valence-electron chi connectivity index (χ2n) is 30.8. The summed E-state index contributed by atoms with van der Waals surface area (Å²) in [5.41, 5.74) is 24.3. The number of carbonyl (C=O) groups excluding carboxylic acids is 16. The Hall–Kier alpha value is -12.0. The zero-order valence-electron chi connectivity index (χ0n) is 71.1. The highest BCUT2D eigenvalue weighted by atomic mass is 33.1. The number of rotatable bonds is 43. The number of aliphatic hydroxyl groups is 2. The fraction of sp³-hybridized carbons (Fsp3) is 0.590. The second-order valence-corrected chi connectivity index (χ2v) is 33.3. The van der Waals surface area contributed by atoms with E-state index < -0.39 is 285 Å². The van der Waals surface area contributed by atoms with E-state index in [0.717, 1.165) is 5.56 Å². The summed E-state index contributed by atoms with van der Waals surface area (Å²) in [5, 5.41) is 97.7. The topological polar surface area (TPSA) is 744 Å². The Morgan fingerprint density at radius 2 is 1.03 bits per heavy atom. The van der Waals surface area contributed by atoms with E-state index in [0.29, 0.717) is 27.2 Å². The van der Waals surface area contributed by atoms with Crippen LogP contribution in [-0.2, 0) is 99.1 Å². The van der Waals surface area contributed by atoms with Crippen molar-refractivity contribution in [2.45, 2.75) is 217 Å². The lowest BCUT2D eigenvalue weighted by molar-refractivity contribution is -0.142. The van der Waals surface area contributed by atoms with Crippen LogP contribution in [0, 0.1) is 34.5 Å². The molecule has 1 saturated heterocycles. The Bertz CT molecular complexity index is 4030. The van der Waals surface area contributed by atoms with E-state index in [1.165, 1.54) is 27.7 Å². The summed E-state index contributed by atoms with van der Waals surface area (Å²) < 4.78 is 0. The van der Waals surface area contributed by atoms with E-state index in [9.17, 15) is 97.1 Å². The highest BCUT2D eigenvalue weighted by molar-refractivity contribution is 8.76. The number of carboxylic acids is 2. The number of nitrogens with one attached hydrogen (secondary N) is 19. The van der Waals surface area contributed by atoms with Gasteiger partial charge in [-0.15, -0.1) is 0 Å². The molecule has 1 heterocycles. The lowest BCUT2D eigenvalue weighted by Gasteiger charge is -2.31. The third kappa shape index (κ3) is 40.5.